The first-order valence-electron chi connectivity index (χ1n) is 8.97. The zero-order chi connectivity index (χ0) is 20.6. The molecule has 0 aliphatic rings. The number of carbonyl (C=O) groups excluding carboxylic acids is 1. The normalized spacial score (nSPS) is 10.7. The molecule has 0 atom stereocenters. The van der Waals surface area contributed by atoms with Crippen LogP contribution in [0.1, 0.15) is 39.3 Å². The van der Waals surface area contributed by atoms with Crippen molar-refractivity contribution in [3.63, 3.8) is 0 Å². The van der Waals surface area contributed by atoms with E-state index < -0.39 is 11.7 Å². The van der Waals surface area contributed by atoms with Crippen molar-refractivity contribution in [3.8, 4) is 0 Å². The minimum Gasteiger partial charge on any atom is -0.448 e. The molecule has 0 bridgehead atoms. The number of pyridine rings is 1. The Labute approximate surface area is 167 Å². The fourth-order valence-electron chi connectivity index (χ4n) is 2.58. The topological polar surface area (TPSA) is 109 Å². The maximum Gasteiger partial charge on any atom is 0.273 e. The fraction of sp³-hybridized carbons (Fsp3) is 0.200. The molecular weight excluding hydrogens is 375 g/mol. The Kier molecular flexibility index (Phi) is 6.64. The van der Waals surface area contributed by atoms with Crippen LogP contribution in [0, 0.1) is 5.82 Å². The van der Waals surface area contributed by atoms with Crippen molar-refractivity contribution in [2.45, 2.75) is 19.5 Å². The monoisotopic (exact) mass is 396 g/mol. The van der Waals surface area contributed by atoms with Crippen molar-refractivity contribution >= 4 is 18.1 Å². The summed E-state index contributed by atoms with van der Waals surface area (Å²) in [5, 5.41) is 5.79. The van der Waals surface area contributed by atoms with E-state index in [0.29, 0.717) is 25.4 Å². The summed E-state index contributed by atoms with van der Waals surface area (Å²) in [7, 11) is 0. The highest BCUT2D eigenvalue weighted by Gasteiger charge is 2.13. The summed E-state index contributed by atoms with van der Waals surface area (Å²) in [5.74, 6) is 0.257. The molecule has 0 aliphatic carbocycles. The Bertz CT molecular complexity index is 985. The number of nitrogens with one attached hydrogen (secondary N) is 3. The molecule has 29 heavy (non-hydrogen) atoms. The summed E-state index contributed by atoms with van der Waals surface area (Å²) in [6.45, 7) is 8.51. The molecule has 0 saturated heterocycles. The van der Waals surface area contributed by atoms with Gasteiger partial charge in [0.2, 0.25) is 0 Å². The van der Waals surface area contributed by atoms with Crippen molar-refractivity contribution in [3.05, 3.63) is 78.1 Å². The van der Waals surface area contributed by atoms with Gasteiger partial charge in [-0.05, 0) is 24.3 Å². The van der Waals surface area contributed by atoms with Crippen LogP contribution >= 0.6 is 0 Å². The summed E-state index contributed by atoms with van der Waals surface area (Å²) >= 11 is 0. The maximum atomic E-state index is 13.5. The molecular formula is C20H21FN6O2. The molecule has 0 aromatic carbocycles. The van der Waals surface area contributed by atoms with Gasteiger partial charge in [0.1, 0.15) is 17.9 Å². The van der Waals surface area contributed by atoms with Crippen LogP contribution in [-0.2, 0) is 19.5 Å². The molecule has 0 aliphatic heterocycles. The molecule has 3 aromatic heterocycles. The number of hydrogen-bond donors (Lipinski definition) is 3. The van der Waals surface area contributed by atoms with E-state index in [0.717, 1.165) is 17.2 Å². The smallest absolute Gasteiger partial charge is 0.273 e. The van der Waals surface area contributed by atoms with Crippen LogP contribution in [0.4, 0.5) is 4.39 Å². The van der Waals surface area contributed by atoms with Crippen molar-refractivity contribution in [1.29, 1.82) is 0 Å². The highest BCUT2D eigenvalue weighted by molar-refractivity contribution is 5.91. The van der Waals surface area contributed by atoms with E-state index in [-0.39, 0.29) is 17.9 Å². The second-order valence-electron chi connectivity index (χ2n) is 6.06. The number of halogens is 1. The van der Waals surface area contributed by atoms with Gasteiger partial charge in [-0.2, -0.15) is 0 Å². The van der Waals surface area contributed by atoms with Crippen molar-refractivity contribution in [1.82, 2.24) is 30.6 Å². The van der Waals surface area contributed by atoms with Gasteiger partial charge in [0.05, 0.1) is 30.2 Å². The van der Waals surface area contributed by atoms with Gasteiger partial charge < -0.3 is 20.0 Å². The molecule has 3 heterocycles. The number of imidazole rings is 1. The third-order valence-electron chi connectivity index (χ3n) is 4.05. The molecule has 1 amide bonds. The molecule has 0 unspecified atom stereocenters. The zero-order valence-corrected chi connectivity index (χ0v) is 15.7. The summed E-state index contributed by atoms with van der Waals surface area (Å²) < 4.78 is 18.9. The van der Waals surface area contributed by atoms with Crippen LogP contribution in [0.2, 0.25) is 0 Å². The van der Waals surface area contributed by atoms with Crippen LogP contribution < -0.4 is 10.6 Å². The van der Waals surface area contributed by atoms with Gasteiger partial charge in [0, 0.05) is 19.2 Å². The van der Waals surface area contributed by atoms with Crippen LogP contribution in [0.25, 0.3) is 12.2 Å². The third-order valence-corrected chi connectivity index (χ3v) is 4.05. The molecule has 9 heteroatoms. The second kappa shape index (κ2) is 9.56. The fourth-order valence-corrected chi connectivity index (χ4v) is 2.58. The lowest BCUT2D eigenvalue weighted by Crippen LogP contribution is -2.24. The van der Waals surface area contributed by atoms with Gasteiger partial charge in [-0.3, -0.25) is 9.78 Å². The van der Waals surface area contributed by atoms with E-state index in [9.17, 15) is 9.18 Å². The van der Waals surface area contributed by atoms with Crippen LogP contribution in [0.3, 0.4) is 0 Å². The number of H-pyrrole nitrogens is 1. The van der Waals surface area contributed by atoms with Gasteiger partial charge in [-0.1, -0.05) is 13.2 Å². The standard InChI is InChI=1S/C20H21FN6O2/c1-3-14-15(4-2)26-18(25-14)11-22-9-7-19-27-17(12-29-19)20(28)24-10-16-13(21)6-5-8-23-16/h3-6,8,12,22H,1-2,7,9-11H2,(H,24,28)(H,25,26). The molecule has 3 aromatic rings. The molecule has 3 rings (SSSR count). The number of hydrogen-bond acceptors (Lipinski definition) is 6. The van der Waals surface area contributed by atoms with E-state index >= 15 is 0 Å². The second-order valence-corrected chi connectivity index (χ2v) is 6.06. The predicted molar refractivity (Wildman–Crippen MR) is 106 cm³/mol. The van der Waals surface area contributed by atoms with E-state index in [2.05, 4.69) is 43.7 Å². The van der Waals surface area contributed by atoms with Crippen LogP contribution in [0.15, 0.2) is 42.2 Å². The van der Waals surface area contributed by atoms with E-state index in [1.807, 2.05) is 0 Å². The lowest BCUT2D eigenvalue weighted by atomic mass is 10.3. The number of nitrogens with zero attached hydrogens (tertiary/aromatic N) is 3. The van der Waals surface area contributed by atoms with Crippen molar-refractivity contribution in [2.75, 3.05) is 6.54 Å². The first-order chi connectivity index (χ1) is 14.1. The Morgan fingerprint density at radius 2 is 2.14 bits per heavy atom. The molecule has 0 fully saturated rings. The number of carbonyl (C=O) groups is 1. The van der Waals surface area contributed by atoms with Gasteiger partial charge in [-0.15, -0.1) is 0 Å². The summed E-state index contributed by atoms with van der Waals surface area (Å²) in [6.07, 6.45) is 6.59. The minimum atomic E-state index is -0.475. The molecule has 8 nitrogen and oxygen atoms in total. The van der Waals surface area contributed by atoms with Gasteiger partial charge >= 0.3 is 0 Å². The predicted octanol–water partition coefficient (Wildman–Crippen LogP) is 2.48. The van der Waals surface area contributed by atoms with Crippen molar-refractivity contribution in [2.24, 2.45) is 0 Å². The van der Waals surface area contributed by atoms with Crippen LogP contribution in [0.5, 0.6) is 0 Å². The molecule has 150 valence electrons. The third kappa shape index (κ3) is 5.23. The lowest BCUT2D eigenvalue weighted by Gasteiger charge is -2.03. The SMILES string of the molecule is C=Cc1nc(CNCCc2nc(C(=O)NCc3ncccc3F)co2)[nH]c1C=C. The molecule has 0 spiro atoms. The van der Waals surface area contributed by atoms with Crippen molar-refractivity contribution < 1.29 is 13.6 Å². The van der Waals surface area contributed by atoms with Gasteiger partial charge in [0.25, 0.3) is 5.91 Å². The highest BCUT2D eigenvalue weighted by atomic mass is 19.1. The molecule has 3 N–H and O–H groups in total. The summed E-state index contributed by atoms with van der Waals surface area (Å²) in [6, 6.07) is 2.77. The highest BCUT2D eigenvalue weighted by Crippen LogP contribution is 2.09. The van der Waals surface area contributed by atoms with E-state index in [1.54, 1.807) is 12.2 Å². The summed E-state index contributed by atoms with van der Waals surface area (Å²) in [4.78, 5) is 27.7. The number of rotatable bonds is 10. The van der Waals surface area contributed by atoms with Crippen LogP contribution in [-0.4, -0.2) is 32.4 Å². The average Bonchev–Trinajstić information content (AvgIpc) is 3.37. The Morgan fingerprint density at radius 1 is 1.28 bits per heavy atom. The lowest BCUT2D eigenvalue weighted by molar-refractivity contribution is 0.0945. The quantitative estimate of drug-likeness (QED) is 0.454. The number of amides is 1. The Hall–Kier alpha value is -3.59. The first kappa shape index (κ1) is 20.2. The number of aromatic nitrogens is 4. The van der Waals surface area contributed by atoms with Gasteiger partial charge in [0.15, 0.2) is 11.6 Å². The minimum absolute atomic E-state index is 0.0300. The zero-order valence-electron chi connectivity index (χ0n) is 15.7. The first-order valence-corrected chi connectivity index (χ1v) is 8.97. The Morgan fingerprint density at radius 3 is 2.86 bits per heavy atom. The van der Waals surface area contributed by atoms with E-state index in [4.69, 9.17) is 4.42 Å². The van der Waals surface area contributed by atoms with Gasteiger partial charge in [-0.25, -0.2) is 14.4 Å². The number of oxazole rings is 1. The molecule has 0 saturated carbocycles. The largest absolute Gasteiger partial charge is 0.448 e. The maximum absolute atomic E-state index is 13.5. The number of aromatic amines is 1. The molecule has 0 radical (unpaired) electrons. The van der Waals surface area contributed by atoms with E-state index in [1.165, 1.54) is 24.6 Å². The summed E-state index contributed by atoms with van der Waals surface area (Å²) in [5.41, 5.74) is 1.87. The Balaban J connectivity index is 1.44. The average molecular weight is 396 g/mol.